The van der Waals surface area contributed by atoms with E-state index in [2.05, 4.69) is 16.0 Å². The molecule has 0 saturated carbocycles. The fourth-order valence-corrected chi connectivity index (χ4v) is 2.45. The van der Waals surface area contributed by atoms with Crippen LogP contribution in [-0.2, 0) is 14.3 Å². The van der Waals surface area contributed by atoms with Crippen molar-refractivity contribution in [1.82, 2.24) is 0 Å². The van der Waals surface area contributed by atoms with Gasteiger partial charge in [0.05, 0.1) is 13.2 Å². The molecular formula is C21H27N3O4. The summed E-state index contributed by atoms with van der Waals surface area (Å²) in [6, 6.07) is 14.5. The summed E-state index contributed by atoms with van der Waals surface area (Å²) in [7, 11) is 1.61. The summed E-state index contributed by atoms with van der Waals surface area (Å²) < 4.78 is 10.5. The predicted octanol–water partition coefficient (Wildman–Crippen LogP) is 3.50. The quantitative estimate of drug-likeness (QED) is 0.515. The minimum atomic E-state index is -0.186. The molecule has 0 aliphatic rings. The molecule has 0 saturated heterocycles. The Bertz CT molecular complexity index is 780. The van der Waals surface area contributed by atoms with Crippen molar-refractivity contribution in [3.63, 3.8) is 0 Å². The zero-order valence-corrected chi connectivity index (χ0v) is 16.3. The van der Waals surface area contributed by atoms with E-state index in [0.29, 0.717) is 36.8 Å². The van der Waals surface area contributed by atoms with E-state index in [9.17, 15) is 9.59 Å². The molecule has 0 fully saturated rings. The highest BCUT2D eigenvalue weighted by molar-refractivity contribution is 5.94. The number of ether oxygens (including phenoxy) is 2. The van der Waals surface area contributed by atoms with Gasteiger partial charge in [-0.25, -0.2) is 0 Å². The molecule has 0 spiro atoms. The Balaban J connectivity index is 1.84. The summed E-state index contributed by atoms with van der Waals surface area (Å²) in [5.41, 5.74) is 2.10. The highest BCUT2D eigenvalue weighted by Gasteiger charge is 2.05. The van der Waals surface area contributed by atoms with Gasteiger partial charge in [-0.05, 0) is 36.8 Å². The molecule has 0 radical (unpaired) electrons. The van der Waals surface area contributed by atoms with Crippen molar-refractivity contribution < 1.29 is 19.1 Å². The van der Waals surface area contributed by atoms with Crippen LogP contribution < -0.4 is 20.7 Å². The highest BCUT2D eigenvalue weighted by Crippen LogP contribution is 2.18. The van der Waals surface area contributed by atoms with E-state index in [1.54, 1.807) is 25.3 Å². The molecule has 0 bridgehead atoms. The van der Waals surface area contributed by atoms with E-state index < -0.39 is 0 Å². The Morgan fingerprint density at radius 1 is 0.893 bits per heavy atom. The predicted molar refractivity (Wildman–Crippen MR) is 111 cm³/mol. The van der Waals surface area contributed by atoms with Crippen molar-refractivity contribution >= 4 is 28.9 Å². The average molecular weight is 385 g/mol. The van der Waals surface area contributed by atoms with E-state index >= 15 is 0 Å². The van der Waals surface area contributed by atoms with Crippen LogP contribution in [0.25, 0.3) is 0 Å². The minimum Gasteiger partial charge on any atom is -0.491 e. The summed E-state index contributed by atoms with van der Waals surface area (Å²) in [5, 5.41) is 8.72. The number of anilines is 3. The number of carbonyl (C=O) groups excluding carboxylic acids is 2. The molecule has 2 rings (SSSR count). The van der Waals surface area contributed by atoms with Crippen LogP contribution in [-0.4, -0.2) is 38.7 Å². The van der Waals surface area contributed by atoms with Crippen LogP contribution in [0.2, 0.25) is 0 Å². The smallest absolute Gasteiger partial charge is 0.243 e. The van der Waals surface area contributed by atoms with Crippen LogP contribution in [0.4, 0.5) is 17.1 Å². The monoisotopic (exact) mass is 385 g/mol. The minimum absolute atomic E-state index is 0.0232. The summed E-state index contributed by atoms with van der Waals surface area (Å²) in [5.74, 6) is 0.456. The third-order valence-electron chi connectivity index (χ3n) is 3.75. The maximum Gasteiger partial charge on any atom is 0.243 e. The fraction of sp³-hybridized carbons (Fsp3) is 0.333. The molecular weight excluding hydrogens is 358 g/mol. The number of carbonyl (C=O) groups is 2. The molecule has 7 heteroatoms. The summed E-state index contributed by atoms with van der Waals surface area (Å²) in [6.45, 7) is 3.00. The van der Waals surface area contributed by atoms with Crippen LogP contribution in [0.3, 0.4) is 0 Å². The molecule has 2 aromatic rings. The van der Waals surface area contributed by atoms with Crippen LogP contribution in [0.1, 0.15) is 19.8 Å². The van der Waals surface area contributed by atoms with E-state index in [-0.39, 0.29) is 18.4 Å². The lowest BCUT2D eigenvalue weighted by Crippen LogP contribution is -2.21. The summed E-state index contributed by atoms with van der Waals surface area (Å²) >= 11 is 0. The van der Waals surface area contributed by atoms with Crippen molar-refractivity contribution in [2.75, 3.05) is 42.8 Å². The SMILES string of the molecule is CCCC(=O)Nc1cccc(NCC(=O)Nc2cccc(OCCOC)c2)c1. The maximum absolute atomic E-state index is 12.2. The number of rotatable bonds is 11. The van der Waals surface area contributed by atoms with Gasteiger partial charge in [-0.15, -0.1) is 0 Å². The molecule has 0 aromatic heterocycles. The molecule has 2 amide bonds. The third kappa shape index (κ3) is 7.67. The Morgan fingerprint density at radius 3 is 2.32 bits per heavy atom. The number of benzene rings is 2. The van der Waals surface area contributed by atoms with Crippen LogP contribution >= 0.6 is 0 Å². The first-order chi connectivity index (χ1) is 13.6. The van der Waals surface area contributed by atoms with Crippen LogP contribution in [0.5, 0.6) is 5.75 Å². The van der Waals surface area contributed by atoms with Gasteiger partial charge >= 0.3 is 0 Å². The third-order valence-corrected chi connectivity index (χ3v) is 3.75. The molecule has 28 heavy (non-hydrogen) atoms. The number of hydrogen-bond donors (Lipinski definition) is 3. The van der Waals surface area contributed by atoms with Gasteiger partial charge in [0.2, 0.25) is 11.8 Å². The van der Waals surface area contributed by atoms with Crippen LogP contribution in [0, 0.1) is 0 Å². The summed E-state index contributed by atoms with van der Waals surface area (Å²) in [4.78, 5) is 23.9. The van der Waals surface area contributed by atoms with Gasteiger partial charge in [-0.2, -0.15) is 0 Å². The lowest BCUT2D eigenvalue weighted by atomic mass is 10.2. The van der Waals surface area contributed by atoms with Crippen LogP contribution in [0.15, 0.2) is 48.5 Å². The first-order valence-corrected chi connectivity index (χ1v) is 9.26. The Kier molecular flexibility index (Phi) is 8.81. The molecule has 150 valence electrons. The van der Waals surface area contributed by atoms with Gasteiger partial charge in [0.15, 0.2) is 0 Å². The van der Waals surface area contributed by atoms with Gasteiger partial charge in [-0.3, -0.25) is 9.59 Å². The molecule has 0 atom stereocenters. The molecule has 0 aliphatic heterocycles. The van der Waals surface area contributed by atoms with Gasteiger partial charge in [0.1, 0.15) is 12.4 Å². The van der Waals surface area contributed by atoms with Crippen molar-refractivity contribution in [2.45, 2.75) is 19.8 Å². The van der Waals surface area contributed by atoms with E-state index in [1.165, 1.54) is 0 Å². The largest absolute Gasteiger partial charge is 0.491 e. The Morgan fingerprint density at radius 2 is 1.57 bits per heavy atom. The highest BCUT2D eigenvalue weighted by atomic mass is 16.5. The molecule has 2 aromatic carbocycles. The average Bonchev–Trinajstić information content (AvgIpc) is 2.67. The van der Waals surface area contributed by atoms with Gasteiger partial charge in [0, 0.05) is 36.7 Å². The molecule has 0 unspecified atom stereocenters. The van der Waals surface area contributed by atoms with E-state index in [0.717, 1.165) is 12.1 Å². The second-order valence-corrected chi connectivity index (χ2v) is 6.15. The first kappa shape index (κ1) is 21.2. The maximum atomic E-state index is 12.2. The molecule has 3 N–H and O–H groups in total. The molecule has 7 nitrogen and oxygen atoms in total. The van der Waals surface area contributed by atoms with E-state index in [4.69, 9.17) is 9.47 Å². The zero-order chi connectivity index (χ0) is 20.2. The topological polar surface area (TPSA) is 88.7 Å². The lowest BCUT2D eigenvalue weighted by molar-refractivity contribution is -0.116. The summed E-state index contributed by atoms with van der Waals surface area (Å²) in [6.07, 6.45) is 1.27. The molecule has 0 aliphatic carbocycles. The van der Waals surface area contributed by atoms with Crippen molar-refractivity contribution in [3.8, 4) is 5.75 Å². The van der Waals surface area contributed by atoms with E-state index in [1.807, 2.05) is 37.3 Å². The number of hydrogen-bond acceptors (Lipinski definition) is 5. The number of nitrogens with one attached hydrogen (secondary N) is 3. The van der Waals surface area contributed by atoms with Gasteiger partial charge < -0.3 is 25.4 Å². The lowest BCUT2D eigenvalue weighted by Gasteiger charge is -2.11. The normalized spacial score (nSPS) is 10.2. The number of methoxy groups -OCH3 is 1. The fourth-order valence-electron chi connectivity index (χ4n) is 2.45. The second kappa shape index (κ2) is 11.6. The molecule has 0 heterocycles. The Labute approximate surface area is 165 Å². The van der Waals surface area contributed by atoms with Gasteiger partial charge in [0.25, 0.3) is 0 Å². The standard InChI is InChI=1S/C21H27N3O4/c1-3-6-20(25)23-17-8-4-7-16(13-17)22-15-21(26)24-18-9-5-10-19(14-18)28-12-11-27-2/h4-5,7-10,13-14,22H,3,6,11-12,15H2,1-2H3,(H,23,25)(H,24,26). The Hall–Kier alpha value is -3.06. The van der Waals surface area contributed by atoms with Gasteiger partial charge in [-0.1, -0.05) is 19.1 Å². The van der Waals surface area contributed by atoms with Crippen molar-refractivity contribution in [2.24, 2.45) is 0 Å². The van der Waals surface area contributed by atoms with Crippen molar-refractivity contribution in [3.05, 3.63) is 48.5 Å². The zero-order valence-electron chi connectivity index (χ0n) is 16.3. The van der Waals surface area contributed by atoms with Crippen molar-refractivity contribution in [1.29, 1.82) is 0 Å². The second-order valence-electron chi connectivity index (χ2n) is 6.15. The first-order valence-electron chi connectivity index (χ1n) is 9.26. The number of amides is 2.